The van der Waals surface area contributed by atoms with Gasteiger partial charge in [-0.05, 0) is 42.4 Å². The molecule has 1 aromatic rings. The first-order valence-electron chi connectivity index (χ1n) is 10.4. The molecule has 3 aliphatic carbocycles. The van der Waals surface area contributed by atoms with Gasteiger partial charge in [0.25, 0.3) is 0 Å². The lowest BCUT2D eigenvalue weighted by Crippen LogP contribution is -2.71. The molecule has 0 amide bonds. The average molecular weight is 369 g/mol. The highest BCUT2D eigenvalue weighted by molar-refractivity contribution is 6.01. The third kappa shape index (κ3) is 1.84. The predicted octanol–water partition coefficient (Wildman–Crippen LogP) is 5.21. The van der Waals surface area contributed by atoms with Crippen LogP contribution in [0.15, 0.2) is 12.1 Å². The lowest BCUT2D eigenvalue weighted by molar-refractivity contribution is -0.190. The summed E-state index contributed by atoms with van der Waals surface area (Å²) in [5.74, 6) is 0.331. The topological polar surface area (TPSA) is 54.4 Å². The maximum Gasteiger partial charge on any atom is 0.147 e. The summed E-state index contributed by atoms with van der Waals surface area (Å²) in [5, 5.41) is 10.7. The molecule has 146 valence electrons. The van der Waals surface area contributed by atoms with Crippen LogP contribution in [0.2, 0.25) is 0 Å². The second-order valence-electron chi connectivity index (χ2n) is 10.3. The molecular formula is C24H32O3. The van der Waals surface area contributed by atoms with E-state index >= 15 is 0 Å². The van der Waals surface area contributed by atoms with Gasteiger partial charge in [0.1, 0.15) is 17.3 Å². The maximum absolute atomic E-state index is 14.0. The van der Waals surface area contributed by atoms with E-state index in [1.165, 1.54) is 0 Å². The maximum atomic E-state index is 14.0. The smallest absolute Gasteiger partial charge is 0.147 e. The van der Waals surface area contributed by atoms with Crippen molar-refractivity contribution < 1.29 is 14.7 Å². The lowest BCUT2D eigenvalue weighted by Gasteiger charge is -2.69. The average Bonchev–Trinajstić information content (AvgIpc) is 2.59. The van der Waals surface area contributed by atoms with Crippen molar-refractivity contribution in [2.75, 3.05) is 0 Å². The Hall–Kier alpha value is -1.64. The van der Waals surface area contributed by atoms with Crippen molar-refractivity contribution in [2.24, 2.45) is 16.2 Å². The van der Waals surface area contributed by atoms with Gasteiger partial charge in [-0.15, -0.1) is 0 Å². The number of hydrogen-bond acceptors (Lipinski definition) is 3. The van der Waals surface area contributed by atoms with Crippen LogP contribution in [0.4, 0.5) is 0 Å². The van der Waals surface area contributed by atoms with E-state index in [1.807, 2.05) is 13.8 Å². The molecule has 5 atom stereocenters. The van der Waals surface area contributed by atoms with Crippen molar-refractivity contribution in [3.05, 3.63) is 28.8 Å². The zero-order chi connectivity index (χ0) is 20.0. The van der Waals surface area contributed by atoms with Gasteiger partial charge in [-0.3, -0.25) is 9.59 Å². The summed E-state index contributed by atoms with van der Waals surface area (Å²) in [4.78, 5) is 27.5. The van der Waals surface area contributed by atoms with Gasteiger partial charge in [0.15, 0.2) is 0 Å². The highest BCUT2D eigenvalue weighted by Crippen LogP contribution is 2.73. The molecule has 0 saturated heterocycles. The number of phenols is 1. The van der Waals surface area contributed by atoms with Crippen LogP contribution < -0.4 is 0 Å². The molecule has 0 heterocycles. The number of benzene rings is 1. The van der Waals surface area contributed by atoms with Crippen LogP contribution in [0.3, 0.4) is 0 Å². The molecule has 27 heavy (non-hydrogen) atoms. The minimum atomic E-state index is -0.629. The minimum absolute atomic E-state index is 0.194. The number of fused-ring (bicyclic) bond motifs is 5. The quantitative estimate of drug-likeness (QED) is 0.684. The van der Waals surface area contributed by atoms with E-state index in [0.29, 0.717) is 12.2 Å². The molecule has 0 bridgehead atoms. The molecule has 0 unspecified atom stereocenters. The molecule has 1 aromatic carbocycles. The number of carbonyl (C=O) groups excluding carboxylic acids is 2. The Morgan fingerprint density at radius 2 is 1.63 bits per heavy atom. The summed E-state index contributed by atoms with van der Waals surface area (Å²) in [6.45, 7) is 12.4. The normalized spacial score (nSPS) is 43.7. The number of phenolic OH excluding ortho intramolecular Hbond substituents is 1. The van der Waals surface area contributed by atoms with Gasteiger partial charge in [-0.2, -0.15) is 0 Å². The van der Waals surface area contributed by atoms with E-state index in [4.69, 9.17) is 0 Å². The first-order chi connectivity index (χ1) is 12.4. The molecule has 0 aliphatic heterocycles. The van der Waals surface area contributed by atoms with E-state index in [-0.39, 0.29) is 22.9 Å². The van der Waals surface area contributed by atoms with Crippen molar-refractivity contribution in [2.45, 2.75) is 85.0 Å². The molecule has 3 nitrogen and oxygen atoms in total. The third-order valence-electron chi connectivity index (χ3n) is 9.37. The van der Waals surface area contributed by atoms with Crippen molar-refractivity contribution in [3.63, 3.8) is 0 Å². The minimum Gasteiger partial charge on any atom is -0.508 e. The van der Waals surface area contributed by atoms with Crippen LogP contribution in [0.25, 0.3) is 0 Å². The molecular weight excluding hydrogens is 336 g/mol. The Labute approximate surface area is 162 Å². The summed E-state index contributed by atoms with van der Waals surface area (Å²) in [6.07, 6.45) is 4.29. The number of Topliss-reactive ketones (excluding diaryl/α,β-unsaturated/α-hetero) is 2. The molecule has 1 N–H and O–H groups in total. The van der Waals surface area contributed by atoms with Gasteiger partial charge in [0, 0.05) is 34.1 Å². The monoisotopic (exact) mass is 368 g/mol. The fourth-order valence-electron chi connectivity index (χ4n) is 7.22. The molecule has 0 spiro atoms. The second kappa shape index (κ2) is 5.24. The van der Waals surface area contributed by atoms with Gasteiger partial charge in [-0.25, -0.2) is 0 Å². The Balaban J connectivity index is 2.09. The Kier molecular flexibility index (Phi) is 3.63. The van der Waals surface area contributed by atoms with Crippen LogP contribution in [0, 0.1) is 23.2 Å². The summed E-state index contributed by atoms with van der Waals surface area (Å²) >= 11 is 0. The molecule has 3 aliphatic rings. The molecule has 2 fully saturated rings. The fourth-order valence-corrected chi connectivity index (χ4v) is 7.22. The summed E-state index contributed by atoms with van der Waals surface area (Å²) in [5.41, 5.74) is 0.695. The number of hydrogen-bond donors (Lipinski definition) is 1. The number of aromatic hydroxyl groups is 1. The number of aryl methyl sites for hydroxylation is 1. The van der Waals surface area contributed by atoms with Crippen molar-refractivity contribution in [3.8, 4) is 5.75 Å². The van der Waals surface area contributed by atoms with E-state index in [2.05, 4.69) is 33.8 Å². The second-order valence-corrected chi connectivity index (χ2v) is 10.3. The first kappa shape index (κ1) is 18.7. The largest absolute Gasteiger partial charge is 0.508 e. The summed E-state index contributed by atoms with van der Waals surface area (Å²) in [6, 6.07) is 3.85. The van der Waals surface area contributed by atoms with Gasteiger partial charge >= 0.3 is 0 Å². The van der Waals surface area contributed by atoms with Crippen LogP contribution in [-0.2, 0) is 15.0 Å². The van der Waals surface area contributed by atoms with Gasteiger partial charge in [0.05, 0.1) is 0 Å². The molecule has 0 aromatic heterocycles. The van der Waals surface area contributed by atoms with E-state index < -0.39 is 16.2 Å². The van der Waals surface area contributed by atoms with Crippen LogP contribution in [0.1, 0.15) is 89.3 Å². The highest BCUT2D eigenvalue weighted by atomic mass is 16.3. The predicted molar refractivity (Wildman–Crippen MR) is 106 cm³/mol. The molecule has 0 radical (unpaired) electrons. The fraction of sp³-hybridized carbons (Fsp3) is 0.667. The SMILES string of the molecule is Cc1cc(O)c2c(c1)[C@]1(C)CC(=O)[C@@]3(C)CCCC[C@@]3(C)[C@@]1(C)C(=O)[C@@H]2C. The molecule has 3 heteroatoms. The lowest BCUT2D eigenvalue weighted by atomic mass is 9.32. The first-order valence-corrected chi connectivity index (χ1v) is 10.4. The zero-order valence-corrected chi connectivity index (χ0v) is 17.5. The van der Waals surface area contributed by atoms with E-state index in [1.54, 1.807) is 6.07 Å². The van der Waals surface area contributed by atoms with Crippen molar-refractivity contribution >= 4 is 11.6 Å². The number of carbonyl (C=O) groups is 2. The molecule has 2 saturated carbocycles. The highest BCUT2D eigenvalue weighted by Gasteiger charge is 2.74. The van der Waals surface area contributed by atoms with Crippen LogP contribution in [0.5, 0.6) is 5.75 Å². The standard InChI is InChI=1S/C24H32O3/c1-14-11-16-19(17(25)12-14)15(2)20(27)24(6)22(16,4)13-18(26)21(3)9-7-8-10-23(21,24)5/h11-12,15,25H,7-10,13H2,1-6H3/t15-,21-,22+,23-,24+/m1/s1. The third-order valence-corrected chi connectivity index (χ3v) is 9.37. The summed E-state index contributed by atoms with van der Waals surface area (Å²) in [7, 11) is 0. The van der Waals surface area contributed by atoms with Crippen molar-refractivity contribution in [1.82, 2.24) is 0 Å². The van der Waals surface area contributed by atoms with Crippen LogP contribution >= 0.6 is 0 Å². The Morgan fingerprint density at radius 3 is 2.30 bits per heavy atom. The number of rotatable bonds is 0. The van der Waals surface area contributed by atoms with E-state index in [9.17, 15) is 14.7 Å². The van der Waals surface area contributed by atoms with E-state index in [0.717, 1.165) is 42.4 Å². The number of ketones is 2. The van der Waals surface area contributed by atoms with Crippen molar-refractivity contribution in [1.29, 1.82) is 0 Å². The zero-order valence-electron chi connectivity index (χ0n) is 17.5. The van der Waals surface area contributed by atoms with Gasteiger partial charge < -0.3 is 5.11 Å². The van der Waals surface area contributed by atoms with Gasteiger partial charge in [-0.1, -0.05) is 53.5 Å². The summed E-state index contributed by atoms with van der Waals surface area (Å²) < 4.78 is 0. The van der Waals surface area contributed by atoms with Crippen LogP contribution in [-0.4, -0.2) is 16.7 Å². The Morgan fingerprint density at radius 1 is 1.00 bits per heavy atom. The van der Waals surface area contributed by atoms with Gasteiger partial charge in [0.2, 0.25) is 0 Å². The Bertz CT molecular complexity index is 871. The molecule has 4 rings (SSSR count).